The molecule has 0 unspecified atom stereocenters. The Hall–Kier alpha value is -3.04. The van der Waals surface area contributed by atoms with E-state index in [2.05, 4.69) is 44.9 Å². The molecule has 3 aromatic rings. The molecule has 9 heteroatoms. The number of nitrogens with two attached hydrogens (primary N) is 1. The predicted octanol–water partition coefficient (Wildman–Crippen LogP) is 2.09. The number of hydrogen-bond donors (Lipinski definition) is 3. The largest absolute Gasteiger partial charge is 0.365 e. The zero-order valence-electron chi connectivity index (χ0n) is 15.5. The summed E-state index contributed by atoms with van der Waals surface area (Å²) in [6.45, 7) is 3.30. The number of hydrogen-bond acceptors (Lipinski definition) is 7. The van der Waals surface area contributed by atoms with Crippen molar-refractivity contribution in [2.75, 3.05) is 17.2 Å². The van der Waals surface area contributed by atoms with E-state index in [0.29, 0.717) is 31.3 Å². The van der Waals surface area contributed by atoms with Gasteiger partial charge in [0.05, 0.1) is 11.1 Å². The number of rotatable bonds is 8. The predicted molar refractivity (Wildman–Crippen MR) is 108 cm³/mol. The van der Waals surface area contributed by atoms with Crippen molar-refractivity contribution >= 4 is 21.8 Å². The summed E-state index contributed by atoms with van der Waals surface area (Å²) in [5.41, 5.74) is 3.38. The minimum Gasteiger partial charge on any atom is -0.365 e. The molecule has 1 aromatic heterocycles. The second-order valence-electron chi connectivity index (χ2n) is 6.31. The molecule has 0 spiro atoms. The lowest BCUT2D eigenvalue weighted by atomic mass is 10.1. The Kier molecular flexibility index (Phi) is 6.17. The number of sulfonamides is 1. The zero-order chi connectivity index (χ0) is 20.0. The molecule has 0 saturated heterocycles. The molecule has 3 rings (SSSR count). The van der Waals surface area contributed by atoms with Crippen molar-refractivity contribution in [3.63, 3.8) is 0 Å². The van der Waals surface area contributed by atoms with E-state index >= 15 is 0 Å². The third-order valence-electron chi connectivity index (χ3n) is 4.23. The van der Waals surface area contributed by atoms with Crippen molar-refractivity contribution in [3.8, 4) is 0 Å². The van der Waals surface area contributed by atoms with Gasteiger partial charge in [0.2, 0.25) is 16.0 Å². The fourth-order valence-corrected chi connectivity index (χ4v) is 3.14. The highest BCUT2D eigenvalue weighted by molar-refractivity contribution is 7.89. The molecule has 28 heavy (non-hydrogen) atoms. The Morgan fingerprint density at radius 1 is 1.04 bits per heavy atom. The summed E-state index contributed by atoms with van der Waals surface area (Å²) >= 11 is 0. The van der Waals surface area contributed by atoms with E-state index in [4.69, 9.17) is 5.14 Å². The first-order valence-electron chi connectivity index (χ1n) is 8.75. The molecular weight excluding hydrogens is 376 g/mol. The van der Waals surface area contributed by atoms with Gasteiger partial charge >= 0.3 is 0 Å². The normalized spacial score (nSPS) is 11.2. The van der Waals surface area contributed by atoms with Crippen molar-refractivity contribution in [1.82, 2.24) is 15.2 Å². The van der Waals surface area contributed by atoms with Crippen molar-refractivity contribution in [2.24, 2.45) is 5.14 Å². The topological polar surface area (TPSA) is 123 Å². The van der Waals surface area contributed by atoms with Crippen LogP contribution in [0.25, 0.3) is 0 Å². The summed E-state index contributed by atoms with van der Waals surface area (Å²) in [6.07, 6.45) is 2.25. The standard InChI is InChI=1S/C19H22N6O2S/c1-14-4-2-3-5-16(14)12-22-18-13-23-25-19(24-18)21-11-10-15-6-8-17(9-7-15)28(20,26)27/h2-9,13H,10-12H2,1H3,(H2,20,26,27)(H2,21,22,24,25). The summed E-state index contributed by atoms with van der Waals surface area (Å²) in [7, 11) is -3.67. The van der Waals surface area contributed by atoms with E-state index in [1.165, 1.54) is 23.3 Å². The third-order valence-corrected chi connectivity index (χ3v) is 5.16. The molecular formula is C19H22N6O2S. The summed E-state index contributed by atoms with van der Waals surface area (Å²) in [5, 5.41) is 19.4. The summed E-state index contributed by atoms with van der Waals surface area (Å²) in [6, 6.07) is 14.6. The van der Waals surface area contributed by atoms with E-state index in [0.717, 1.165) is 5.56 Å². The molecule has 0 atom stereocenters. The Bertz CT molecular complexity index is 1040. The first-order valence-corrected chi connectivity index (χ1v) is 10.3. The van der Waals surface area contributed by atoms with E-state index < -0.39 is 10.0 Å². The lowest BCUT2D eigenvalue weighted by Crippen LogP contribution is -2.12. The van der Waals surface area contributed by atoms with Crippen LogP contribution in [0.1, 0.15) is 16.7 Å². The zero-order valence-corrected chi connectivity index (χ0v) is 16.3. The van der Waals surface area contributed by atoms with Crippen LogP contribution in [0.3, 0.4) is 0 Å². The fourth-order valence-electron chi connectivity index (χ4n) is 2.62. The van der Waals surface area contributed by atoms with Gasteiger partial charge in [0, 0.05) is 13.1 Å². The number of nitrogens with one attached hydrogen (secondary N) is 2. The molecule has 0 amide bonds. The fraction of sp³-hybridized carbons (Fsp3) is 0.211. The number of aromatic nitrogens is 3. The van der Waals surface area contributed by atoms with Gasteiger partial charge in [-0.05, 0) is 42.2 Å². The van der Waals surface area contributed by atoms with E-state index in [9.17, 15) is 8.42 Å². The highest BCUT2D eigenvalue weighted by Gasteiger charge is 2.07. The lowest BCUT2D eigenvalue weighted by Gasteiger charge is -2.09. The van der Waals surface area contributed by atoms with E-state index in [1.54, 1.807) is 18.3 Å². The third kappa shape index (κ3) is 5.48. The van der Waals surface area contributed by atoms with Gasteiger partial charge in [-0.3, -0.25) is 0 Å². The highest BCUT2D eigenvalue weighted by atomic mass is 32.2. The van der Waals surface area contributed by atoms with Crippen LogP contribution in [0, 0.1) is 6.92 Å². The first-order chi connectivity index (χ1) is 13.4. The van der Waals surface area contributed by atoms with Gasteiger partial charge in [-0.15, -0.1) is 5.10 Å². The maximum absolute atomic E-state index is 11.3. The second kappa shape index (κ2) is 8.77. The molecule has 0 radical (unpaired) electrons. The SMILES string of the molecule is Cc1ccccc1CNc1cnnc(NCCc2ccc(S(N)(=O)=O)cc2)n1. The number of nitrogens with zero attached hydrogens (tertiary/aromatic N) is 3. The summed E-state index contributed by atoms with van der Waals surface area (Å²) in [5.74, 6) is 1.06. The molecule has 1 heterocycles. The number of primary sulfonamides is 1. The molecule has 2 aromatic carbocycles. The summed E-state index contributed by atoms with van der Waals surface area (Å²) < 4.78 is 22.5. The van der Waals surface area contributed by atoms with Gasteiger partial charge < -0.3 is 10.6 Å². The smallest absolute Gasteiger partial charge is 0.244 e. The Balaban J connectivity index is 1.52. The van der Waals surface area contributed by atoms with Gasteiger partial charge in [-0.1, -0.05) is 36.4 Å². The minimum absolute atomic E-state index is 0.101. The Morgan fingerprint density at radius 2 is 1.79 bits per heavy atom. The van der Waals surface area contributed by atoms with Crippen LogP contribution in [-0.2, 0) is 23.0 Å². The molecule has 8 nitrogen and oxygen atoms in total. The number of aryl methyl sites for hydroxylation is 1. The van der Waals surface area contributed by atoms with Gasteiger partial charge in [0.25, 0.3) is 0 Å². The van der Waals surface area contributed by atoms with Crippen LogP contribution in [0.2, 0.25) is 0 Å². The van der Waals surface area contributed by atoms with Crippen molar-refractivity contribution < 1.29 is 8.42 Å². The Labute approximate surface area is 164 Å². The number of benzene rings is 2. The van der Waals surface area contributed by atoms with Gasteiger partial charge in [0.1, 0.15) is 0 Å². The van der Waals surface area contributed by atoms with Gasteiger partial charge in [0.15, 0.2) is 5.82 Å². The van der Waals surface area contributed by atoms with Crippen molar-refractivity contribution in [3.05, 3.63) is 71.4 Å². The van der Waals surface area contributed by atoms with E-state index in [-0.39, 0.29) is 4.90 Å². The average Bonchev–Trinajstić information content (AvgIpc) is 2.67. The molecule has 4 N–H and O–H groups in total. The van der Waals surface area contributed by atoms with Crippen LogP contribution >= 0.6 is 0 Å². The van der Waals surface area contributed by atoms with E-state index in [1.807, 2.05) is 12.1 Å². The van der Waals surface area contributed by atoms with Crippen LogP contribution in [-0.4, -0.2) is 30.1 Å². The van der Waals surface area contributed by atoms with Crippen LogP contribution in [0.15, 0.2) is 59.6 Å². The molecule has 0 saturated carbocycles. The molecule has 0 fully saturated rings. The lowest BCUT2D eigenvalue weighted by molar-refractivity contribution is 0.598. The molecule has 0 bridgehead atoms. The van der Waals surface area contributed by atoms with Gasteiger partial charge in [-0.25, -0.2) is 13.6 Å². The van der Waals surface area contributed by atoms with Crippen molar-refractivity contribution in [1.29, 1.82) is 0 Å². The average molecular weight is 398 g/mol. The molecule has 0 aliphatic carbocycles. The maximum Gasteiger partial charge on any atom is 0.244 e. The maximum atomic E-state index is 11.3. The quantitative estimate of drug-likeness (QED) is 0.531. The highest BCUT2D eigenvalue weighted by Crippen LogP contribution is 2.12. The van der Waals surface area contributed by atoms with Crippen LogP contribution in [0.5, 0.6) is 0 Å². The molecule has 0 aliphatic heterocycles. The van der Waals surface area contributed by atoms with Crippen LogP contribution < -0.4 is 15.8 Å². The molecule has 146 valence electrons. The first kappa shape index (κ1) is 19.7. The van der Waals surface area contributed by atoms with Crippen molar-refractivity contribution in [2.45, 2.75) is 24.8 Å². The Morgan fingerprint density at radius 3 is 2.50 bits per heavy atom. The monoisotopic (exact) mass is 398 g/mol. The second-order valence-corrected chi connectivity index (χ2v) is 7.87. The number of anilines is 2. The van der Waals surface area contributed by atoms with Gasteiger partial charge in [-0.2, -0.15) is 10.1 Å². The minimum atomic E-state index is -3.67. The van der Waals surface area contributed by atoms with Crippen LogP contribution in [0.4, 0.5) is 11.8 Å². The molecule has 0 aliphatic rings. The summed E-state index contributed by atoms with van der Waals surface area (Å²) in [4.78, 5) is 4.50.